The quantitative estimate of drug-likeness (QED) is 0.817. The van der Waals surface area contributed by atoms with Crippen LogP contribution < -0.4 is 15.4 Å². The highest BCUT2D eigenvalue weighted by molar-refractivity contribution is 7.80. The molecule has 2 aliphatic rings. The normalized spacial score (nSPS) is 19.1. The number of nitrogens with one attached hydrogen (secondary N) is 2. The van der Waals surface area contributed by atoms with Crippen molar-refractivity contribution in [1.29, 1.82) is 0 Å². The Balaban J connectivity index is 1.87. The lowest BCUT2D eigenvalue weighted by Crippen LogP contribution is -2.44. The molecule has 1 heterocycles. The molecule has 0 saturated carbocycles. The molecule has 0 radical (unpaired) electrons. The molecule has 4 rings (SSSR count). The van der Waals surface area contributed by atoms with Gasteiger partial charge in [-0.1, -0.05) is 24.3 Å². The van der Waals surface area contributed by atoms with Crippen LogP contribution in [0.2, 0.25) is 0 Å². The molecule has 0 unspecified atom stereocenters. The van der Waals surface area contributed by atoms with Crippen LogP contribution in [0.5, 0.6) is 5.75 Å². The molecular weight excluding hydrogens is 323 g/mol. The second-order valence-corrected chi connectivity index (χ2v) is 6.38. The second-order valence-electron chi connectivity index (χ2n) is 5.98. The molecule has 2 aromatic rings. The number of thiocarbonyl (C=S) groups is 1. The van der Waals surface area contributed by atoms with E-state index in [-0.39, 0.29) is 11.9 Å². The summed E-state index contributed by atoms with van der Waals surface area (Å²) in [6, 6.07) is 12.7. The van der Waals surface area contributed by atoms with Crippen molar-refractivity contribution in [3.05, 3.63) is 70.5 Å². The predicted molar refractivity (Wildman–Crippen MR) is 96.2 cm³/mol. The van der Waals surface area contributed by atoms with Crippen molar-refractivity contribution in [3.63, 3.8) is 0 Å². The first-order valence-corrected chi connectivity index (χ1v) is 8.30. The molecule has 5 heteroatoms. The molecule has 1 atom stereocenters. The lowest BCUT2D eigenvalue weighted by Gasteiger charge is -2.36. The SMILES string of the molecule is COc1ccc2c(c1)C1=C(CC2)[C@H](c2ccccc2F)NC(=S)N1. The van der Waals surface area contributed by atoms with Crippen LogP contribution in [-0.4, -0.2) is 12.2 Å². The third-order valence-corrected chi connectivity index (χ3v) is 4.87. The topological polar surface area (TPSA) is 33.3 Å². The fourth-order valence-electron chi connectivity index (χ4n) is 3.48. The van der Waals surface area contributed by atoms with E-state index in [1.165, 1.54) is 11.6 Å². The maximum atomic E-state index is 14.3. The highest BCUT2D eigenvalue weighted by atomic mass is 32.1. The molecule has 0 amide bonds. The first kappa shape index (κ1) is 15.1. The van der Waals surface area contributed by atoms with E-state index >= 15 is 0 Å². The average Bonchev–Trinajstić information content (AvgIpc) is 2.61. The highest BCUT2D eigenvalue weighted by Gasteiger charge is 2.32. The number of hydrogen-bond donors (Lipinski definition) is 2. The summed E-state index contributed by atoms with van der Waals surface area (Å²) >= 11 is 5.37. The van der Waals surface area contributed by atoms with Crippen molar-refractivity contribution in [2.24, 2.45) is 0 Å². The fraction of sp³-hybridized carbons (Fsp3) is 0.211. The minimum Gasteiger partial charge on any atom is -0.497 e. The smallest absolute Gasteiger partial charge is 0.171 e. The Bertz CT molecular complexity index is 862. The summed E-state index contributed by atoms with van der Waals surface area (Å²) in [5.74, 6) is 0.583. The minimum absolute atomic E-state index is 0.219. The number of methoxy groups -OCH3 is 1. The molecule has 0 bridgehead atoms. The predicted octanol–water partition coefficient (Wildman–Crippen LogP) is 3.71. The highest BCUT2D eigenvalue weighted by Crippen LogP contribution is 2.40. The van der Waals surface area contributed by atoms with Gasteiger partial charge in [0.2, 0.25) is 0 Å². The molecule has 0 fully saturated rings. The van der Waals surface area contributed by atoms with Gasteiger partial charge in [0, 0.05) is 16.8 Å². The summed E-state index contributed by atoms with van der Waals surface area (Å²) in [5, 5.41) is 7.00. The fourth-order valence-corrected chi connectivity index (χ4v) is 3.70. The van der Waals surface area contributed by atoms with Crippen molar-refractivity contribution in [3.8, 4) is 5.75 Å². The molecule has 0 spiro atoms. The van der Waals surface area contributed by atoms with Crippen LogP contribution >= 0.6 is 12.2 Å². The first-order valence-electron chi connectivity index (χ1n) is 7.89. The lowest BCUT2D eigenvalue weighted by atomic mass is 9.82. The number of aryl methyl sites for hydroxylation is 1. The summed E-state index contributed by atoms with van der Waals surface area (Å²) < 4.78 is 19.7. The van der Waals surface area contributed by atoms with Crippen LogP contribution in [0.1, 0.15) is 29.2 Å². The van der Waals surface area contributed by atoms with E-state index in [1.54, 1.807) is 13.2 Å². The number of ether oxygens (including phenoxy) is 1. The van der Waals surface area contributed by atoms with Crippen molar-refractivity contribution in [2.45, 2.75) is 18.9 Å². The van der Waals surface area contributed by atoms with Crippen LogP contribution in [0.4, 0.5) is 4.39 Å². The molecule has 122 valence electrons. The molecule has 1 aliphatic heterocycles. The molecule has 0 aromatic heterocycles. The summed E-state index contributed by atoms with van der Waals surface area (Å²) in [6.07, 6.45) is 1.77. The van der Waals surface area contributed by atoms with Gasteiger partial charge in [-0.25, -0.2) is 4.39 Å². The van der Waals surface area contributed by atoms with Gasteiger partial charge in [0.1, 0.15) is 11.6 Å². The van der Waals surface area contributed by atoms with Gasteiger partial charge in [0.15, 0.2) is 5.11 Å². The van der Waals surface area contributed by atoms with Gasteiger partial charge in [0.25, 0.3) is 0 Å². The number of fused-ring (bicyclic) bond motifs is 2. The number of halogens is 1. The zero-order valence-electron chi connectivity index (χ0n) is 13.2. The number of benzene rings is 2. The Kier molecular flexibility index (Phi) is 3.73. The van der Waals surface area contributed by atoms with E-state index in [4.69, 9.17) is 17.0 Å². The zero-order chi connectivity index (χ0) is 16.7. The van der Waals surface area contributed by atoms with Crippen molar-refractivity contribution >= 4 is 23.0 Å². The molecule has 3 nitrogen and oxygen atoms in total. The van der Waals surface area contributed by atoms with Crippen LogP contribution in [0.25, 0.3) is 5.70 Å². The van der Waals surface area contributed by atoms with Crippen molar-refractivity contribution in [2.75, 3.05) is 7.11 Å². The Morgan fingerprint density at radius 3 is 2.79 bits per heavy atom. The summed E-state index contributed by atoms with van der Waals surface area (Å²) in [6.45, 7) is 0. The lowest BCUT2D eigenvalue weighted by molar-refractivity contribution is 0.414. The largest absolute Gasteiger partial charge is 0.497 e. The average molecular weight is 340 g/mol. The van der Waals surface area contributed by atoms with Gasteiger partial charge >= 0.3 is 0 Å². The summed E-state index contributed by atoms with van der Waals surface area (Å²) in [5.41, 5.74) is 5.07. The summed E-state index contributed by atoms with van der Waals surface area (Å²) in [4.78, 5) is 0. The van der Waals surface area contributed by atoms with Crippen molar-refractivity contribution in [1.82, 2.24) is 10.6 Å². The number of hydrogen-bond acceptors (Lipinski definition) is 2. The van der Waals surface area contributed by atoms with Crippen molar-refractivity contribution < 1.29 is 9.13 Å². The van der Waals surface area contributed by atoms with Gasteiger partial charge in [-0.15, -0.1) is 0 Å². The maximum Gasteiger partial charge on any atom is 0.171 e. The van der Waals surface area contributed by atoms with Crippen LogP contribution in [0.15, 0.2) is 48.0 Å². The van der Waals surface area contributed by atoms with E-state index < -0.39 is 0 Å². The summed E-state index contributed by atoms with van der Waals surface area (Å²) in [7, 11) is 1.66. The Morgan fingerprint density at radius 1 is 1.17 bits per heavy atom. The van der Waals surface area contributed by atoms with Gasteiger partial charge < -0.3 is 15.4 Å². The standard InChI is InChI=1S/C19H17FN2OS/c1-23-12-8-6-11-7-9-14-17(13-4-2-3-5-16(13)20)21-19(24)22-18(14)15(11)10-12/h2-6,8,10,17H,7,9H2,1H3,(H2,21,22,24)/t17-/m0/s1. The molecule has 2 aromatic carbocycles. The second kappa shape index (κ2) is 5.91. The van der Waals surface area contributed by atoms with E-state index in [0.717, 1.165) is 35.4 Å². The third kappa shape index (κ3) is 2.45. The zero-order valence-corrected chi connectivity index (χ0v) is 14.0. The van der Waals surface area contributed by atoms with Gasteiger partial charge in [0.05, 0.1) is 13.2 Å². The van der Waals surface area contributed by atoms with Gasteiger partial charge in [-0.05, 0) is 54.4 Å². The molecular formula is C19H17FN2OS. The minimum atomic E-state index is -0.241. The van der Waals surface area contributed by atoms with Gasteiger partial charge in [-0.3, -0.25) is 0 Å². The van der Waals surface area contributed by atoms with E-state index in [9.17, 15) is 4.39 Å². The van der Waals surface area contributed by atoms with Crippen LogP contribution in [0, 0.1) is 5.82 Å². The van der Waals surface area contributed by atoms with E-state index in [0.29, 0.717) is 10.7 Å². The Hall–Kier alpha value is -2.40. The number of rotatable bonds is 2. The monoisotopic (exact) mass is 340 g/mol. The first-order chi connectivity index (χ1) is 11.7. The molecule has 2 N–H and O–H groups in total. The maximum absolute atomic E-state index is 14.3. The molecule has 0 saturated heterocycles. The molecule has 24 heavy (non-hydrogen) atoms. The van der Waals surface area contributed by atoms with Crippen LogP contribution in [0.3, 0.4) is 0 Å². The Labute approximate surface area is 145 Å². The third-order valence-electron chi connectivity index (χ3n) is 4.65. The van der Waals surface area contributed by atoms with E-state index in [2.05, 4.69) is 16.7 Å². The molecule has 1 aliphatic carbocycles. The van der Waals surface area contributed by atoms with E-state index in [1.807, 2.05) is 24.3 Å². The van der Waals surface area contributed by atoms with Gasteiger partial charge in [-0.2, -0.15) is 0 Å². The Morgan fingerprint density at radius 2 is 2.00 bits per heavy atom. The van der Waals surface area contributed by atoms with Crippen LogP contribution in [-0.2, 0) is 6.42 Å².